The van der Waals surface area contributed by atoms with Crippen LogP contribution < -0.4 is 0 Å². The van der Waals surface area contributed by atoms with E-state index in [1.165, 1.54) is 13.0 Å². The Bertz CT molecular complexity index is 351. The van der Waals surface area contributed by atoms with E-state index in [0.717, 1.165) is 11.1 Å². The first kappa shape index (κ1) is 9.52. The van der Waals surface area contributed by atoms with Crippen LogP contribution in [0.25, 0.3) is 6.08 Å². The zero-order valence-corrected chi connectivity index (χ0v) is 7.74. The molecule has 0 aromatic heterocycles. The summed E-state index contributed by atoms with van der Waals surface area (Å²) < 4.78 is 0. The summed E-state index contributed by atoms with van der Waals surface area (Å²) in [6, 6.07) is 5.21. The van der Waals surface area contributed by atoms with Crippen molar-refractivity contribution in [3.05, 3.63) is 35.4 Å². The van der Waals surface area contributed by atoms with Crippen molar-refractivity contribution >= 4 is 11.9 Å². The fourth-order valence-electron chi connectivity index (χ4n) is 0.996. The van der Waals surface area contributed by atoms with E-state index >= 15 is 0 Å². The number of carbonyl (C=O) groups is 1. The highest BCUT2D eigenvalue weighted by Gasteiger charge is 1.94. The second-order valence-electron chi connectivity index (χ2n) is 2.99. The molecule has 0 bridgehead atoms. The molecular formula is C11H12O2. The molecule has 0 radical (unpaired) electrons. The minimum atomic E-state index is 0.0192. The largest absolute Gasteiger partial charge is 0.508 e. The van der Waals surface area contributed by atoms with Crippen molar-refractivity contribution in [2.45, 2.75) is 13.8 Å². The molecule has 1 aromatic carbocycles. The van der Waals surface area contributed by atoms with Gasteiger partial charge < -0.3 is 5.11 Å². The van der Waals surface area contributed by atoms with Crippen LogP contribution in [0.15, 0.2) is 24.3 Å². The maximum Gasteiger partial charge on any atom is 0.152 e. The molecule has 0 aliphatic heterocycles. The number of phenolic OH excluding ortho intramolecular Hbond substituents is 1. The maximum atomic E-state index is 10.6. The first-order valence-electron chi connectivity index (χ1n) is 4.08. The number of benzene rings is 1. The third kappa shape index (κ3) is 2.75. The van der Waals surface area contributed by atoms with E-state index < -0.39 is 0 Å². The Morgan fingerprint density at radius 1 is 1.46 bits per heavy atom. The van der Waals surface area contributed by atoms with Gasteiger partial charge in [-0.15, -0.1) is 0 Å². The Balaban J connectivity index is 2.92. The van der Waals surface area contributed by atoms with Crippen molar-refractivity contribution in [2.24, 2.45) is 0 Å². The van der Waals surface area contributed by atoms with Gasteiger partial charge in [-0.25, -0.2) is 0 Å². The highest BCUT2D eigenvalue weighted by Crippen LogP contribution is 2.17. The summed E-state index contributed by atoms with van der Waals surface area (Å²) in [7, 11) is 0. The van der Waals surface area contributed by atoms with Crippen LogP contribution in [0.3, 0.4) is 0 Å². The average molecular weight is 176 g/mol. The molecule has 13 heavy (non-hydrogen) atoms. The van der Waals surface area contributed by atoms with E-state index in [-0.39, 0.29) is 11.5 Å². The van der Waals surface area contributed by atoms with E-state index in [4.69, 9.17) is 0 Å². The summed E-state index contributed by atoms with van der Waals surface area (Å²) in [6.07, 6.45) is 3.24. The van der Waals surface area contributed by atoms with Gasteiger partial charge in [0.05, 0.1) is 0 Å². The Morgan fingerprint density at radius 2 is 2.15 bits per heavy atom. The van der Waals surface area contributed by atoms with Crippen molar-refractivity contribution in [1.29, 1.82) is 0 Å². The lowest BCUT2D eigenvalue weighted by molar-refractivity contribution is -0.112. The molecule has 0 heterocycles. The van der Waals surface area contributed by atoms with E-state index in [0.29, 0.717) is 0 Å². The average Bonchev–Trinajstić information content (AvgIpc) is 2.07. The molecule has 2 heteroatoms. The molecule has 1 aromatic rings. The number of phenols is 1. The molecular weight excluding hydrogens is 164 g/mol. The summed E-state index contributed by atoms with van der Waals surface area (Å²) in [6.45, 7) is 3.32. The van der Waals surface area contributed by atoms with Crippen molar-refractivity contribution < 1.29 is 9.90 Å². The Morgan fingerprint density at radius 3 is 2.69 bits per heavy atom. The Hall–Kier alpha value is -1.57. The van der Waals surface area contributed by atoms with Crippen LogP contribution in [0.5, 0.6) is 5.75 Å². The van der Waals surface area contributed by atoms with E-state index in [1.54, 1.807) is 18.2 Å². The number of aryl methyl sites for hydroxylation is 1. The third-order valence-electron chi connectivity index (χ3n) is 1.73. The van der Waals surface area contributed by atoms with E-state index in [9.17, 15) is 9.90 Å². The van der Waals surface area contributed by atoms with Crippen LogP contribution in [-0.2, 0) is 4.79 Å². The van der Waals surface area contributed by atoms with Crippen molar-refractivity contribution in [3.63, 3.8) is 0 Å². The summed E-state index contributed by atoms with van der Waals surface area (Å²) >= 11 is 0. The van der Waals surface area contributed by atoms with Crippen molar-refractivity contribution in [1.82, 2.24) is 0 Å². The molecule has 68 valence electrons. The molecule has 0 aliphatic rings. The standard InChI is InChI=1S/C11H12O2/c1-8-7-10(4-3-9(2)12)5-6-11(8)13/h3-7,13H,1-2H3/b4-3+. The summed E-state index contributed by atoms with van der Waals surface area (Å²) in [4.78, 5) is 10.6. The number of hydrogen-bond donors (Lipinski definition) is 1. The minimum absolute atomic E-state index is 0.0192. The number of carbonyl (C=O) groups excluding carboxylic acids is 1. The van der Waals surface area contributed by atoms with Crippen LogP contribution in [0, 0.1) is 6.92 Å². The van der Waals surface area contributed by atoms with Gasteiger partial charge in [0.25, 0.3) is 0 Å². The van der Waals surface area contributed by atoms with Gasteiger partial charge in [0.15, 0.2) is 5.78 Å². The Labute approximate surface area is 77.5 Å². The predicted molar refractivity (Wildman–Crippen MR) is 52.6 cm³/mol. The van der Waals surface area contributed by atoms with Gasteiger partial charge in [-0.3, -0.25) is 4.79 Å². The molecule has 1 rings (SSSR count). The fraction of sp³-hybridized carbons (Fsp3) is 0.182. The maximum absolute atomic E-state index is 10.6. The van der Waals surface area contributed by atoms with E-state index in [2.05, 4.69) is 0 Å². The summed E-state index contributed by atoms with van der Waals surface area (Å²) in [5.41, 5.74) is 1.73. The second-order valence-corrected chi connectivity index (χ2v) is 2.99. The van der Waals surface area contributed by atoms with Gasteiger partial charge in [-0.05, 0) is 43.2 Å². The first-order valence-corrected chi connectivity index (χ1v) is 4.08. The zero-order chi connectivity index (χ0) is 9.84. The molecule has 0 spiro atoms. The molecule has 0 saturated heterocycles. The topological polar surface area (TPSA) is 37.3 Å². The number of allylic oxidation sites excluding steroid dienone is 1. The normalized spacial score (nSPS) is 10.6. The van der Waals surface area contributed by atoms with Gasteiger partial charge in [0.2, 0.25) is 0 Å². The highest BCUT2D eigenvalue weighted by atomic mass is 16.3. The molecule has 0 amide bonds. The second kappa shape index (κ2) is 3.90. The molecule has 0 unspecified atom stereocenters. The highest BCUT2D eigenvalue weighted by molar-refractivity contribution is 5.91. The first-order chi connectivity index (χ1) is 6.09. The van der Waals surface area contributed by atoms with Crippen LogP contribution in [0.4, 0.5) is 0 Å². The third-order valence-corrected chi connectivity index (χ3v) is 1.73. The number of hydrogen-bond acceptors (Lipinski definition) is 2. The van der Waals surface area contributed by atoms with Crippen LogP contribution in [0.2, 0.25) is 0 Å². The van der Waals surface area contributed by atoms with Gasteiger partial charge >= 0.3 is 0 Å². The summed E-state index contributed by atoms with van der Waals surface area (Å²) in [5, 5.41) is 9.23. The lowest BCUT2D eigenvalue weighted by atomic mass is 10.1. The SMILES string of the molecule is CC(=O)/C=C/c1ccc(O)c(C)c1. The van der Waals surface area contributed by atoms with Gasteiger partial charge in [-0.2, -0.15) is 0 Å². The molecule has 1 N–H and O–H groups in total. The van der Waals surface area contributed by atoms with Crippen LogP contribution in [-0.4, -0.2) is 10.9 Å². The quantitative estimate of drug-likeness (QED) is 0.702. The van der Waals surface area contributed by atoms with Crippen molar-refractivity contribution in [2.75, 3.05) is 0 Å². The van der Waals surface area contributed by atoms with E-state index in [1.807, 2.05) is 13.0 Å². The predicted octanol–water partition coefficient (Wildman–Crippen LogP) is 2.30. The minimum Gasteiger partial charge on any atom is -0.508 e. The smallest absolute Gasteiger partial charge is 0.152 e. The van der Waals surface area contributed by atoms with Gasteiger partial charge in [-0.1, -0.05) is 12.1 Å². The molecule has 0 atom stereocenters. The number of ketones is 1. The fourth-order valence-corrected chi connectivity index (χ4v) is 0.996. The molecule has 2 nitrogen and oxygen atoms in total. The van der Waals surface area contributed by atoms with Crippen molar-refractivity contribution in [3.8, 4) is 5.75 Å². The molecule has 0 fully saturated rings. The number of rotatable bonds is 2. The van der Waals surface area contributed by atoms with Crippen LogP contribution >= 0.6 is 0 Å². The van der Waals surface area contributed by atoms with Gasteiger partial charge in [0, 0.05) is 0 Å². The van der Waals surface area contributed by atoms with Gasteiger partial charge in [0.1, 0.15) is 5.75 Å². The van der Waals surface area contributed by atoms with Crippen LogP contribution in [0.1, 0.15) is 18.1 Å². The lowest BCUT2D eigenvalue weighted by Crippen LogP contribution is -1.81. The number of aromatic hydroxyl groups is 1. The monoisotopic (exact) mass is 176 g/mol. The zero-order valence-electron chi connectivity index (χ0n) is 7.74. The molecule has 0 saturated carbocycles. The summed E-state index contributed by atoms with van der Waals surface area (Å²) in [5.74, 6) is 0.297. The lowest BCUT2D eigenvalue weighted by Gasteiger charge is -1.98. The Kier molecular flexibility index (Phi) is 2.85. The molecule has 0 aliphatic carbocycles.